The number of carbonyl (C=O) groups is 2. The molecular formula is C20H38O4. The van der Waals surface area contributed by atoms with E-state index in [9.17, 15) is 9.59 Å². The Morgan fingerprint density at radius 1 is 0.750 bits per heavy atom. The van der Waals surface area contributed by atoms with Crippen molar-refractivity contribution in [2.24, 2.45) is 10.8 Å². The van der Waals surface area contributed by atoms with Gasteiger partial charge in [-0.15, -0.1) is 0 Å². The Bertz CT molecular complexity index is 632. The minimum Gasteiger partial charge on any atom is -0.481 e. The zero-order valence-corrected chi connectivity index (χ0v) is 14.8. The zero-order chi connectivity index (χ0) is 27.2. The molecule has 0 aliphatic heterocycles. The Kier molecular flexibility index (Phi) is 5.18. The fraction of sp³-hybridized carbons (Fsp3) is 0.900. The highest BCUT2D eigenvalue weighted by Crippen LogP contribution is 2.29. The van der Waals surface area contributed by atoms with Crippen molar-refractivity contribution in [2.45, 2.75) is 105 Å². The van der Waals surface area contributed by atoms with Crippen molar-refractivity contribution in [3.8, 4) is 0 Å². The molecule has 0 saturated heterocycles. The molecule has 0 amide bonds. The third-order valence-electron chi connectivity index (χ3n) is 3.87. The smallest absolute Gasteiger partial charge is 0.303 e. The van der Waals surface area contributed by atoms with E-state index >= 15 is 0 Å². The van der Waals surface area contributed by atoms with Crippen molar-refractivity contribution >= 4 is 11.9 Å². The Morgan fingerprint density at radius 2 is 1.04 bits per heavy atom. The first-order chi connectivity index (χ1) is 15.1. The topological polar surface area (TPSA) is 74.6 Å². The van der Waals surface area contributed by atoms with Crippen LogP contribution in [0, 0.1) is 10.8 Å². The molecule has 0 spiro atoms. The molecule has 4 nitrogen and oxygen atoms in total. The second-order valence-corrected chi connectivity index (χ2v) is 6.85. The van der Waals surface area contributed by atoms with Crippen LogP contribution in [0.5, 0.6) is 0 Å². The van der Waals surface area contributed by atoms with Gasteiger partial charge in [-0.1, -0.05) is 78.9 Å². The molecule has 0 aliphatic carbocycles. The fourth-order valence-corrected chi connectivity index (χ4v) is 2.61. The summed E-state index contributed by atoms with van der Waals surface area (Å²) in [6.07, 6.45) is -0.963. The highest BCUT2D eigenvalue weighted by molar-refractivity contribution is 5.67. The van der Waals surface area contributed by atoms with Crippen molar-refractivity contribution in [1.29, 1.82) is 0 Å². The lowest BCUT2D eigenvalue weighted by Gasteiger charge is -2.22. The van der Waals surface area contributed by atoms with Gasteiger partial charge in [-0.25, -0.2) is 0 Å². The van der Waals surface area contributed by atoms with E-state index in [-0.39, 0.29) is 12.8 Å². The summed E-state index contributed by atoms with van der Waals surface area (Å²) in [4.78, 5) is 22.5. The van der Waals surface area contributed by atoms with E-state index < -0.39 is 49.2 Å². The van der Waals surface area contributed by atoms with Gasteiger partial charge in [-0.05, 0) is 23.7 Å². The van der Waals surface area contributed by atoms with Gasteiger partial charge in [0, 0.05) is 13.7 Å². The number of hydrogen-bond donors (Lipinski definition) is 2. The molecule has 0 aromatic rings. The Hall–Kier alpha value is -1.06. The third kappa shape index (κ3) is 14.5. The molecule has 24 heavy (non-hydrogen) atoms. The summed E-state index contributed by atoms with van der Waals surface area (Å²) in [5.74, 6) is -3.59. The first-order valence-corrected chi connectivity index (χ1v) is 8.56. The lowest BCUT2D eigenvalue weighted by atomic mass is 9.83. The van der Waals surface area contributed by atoms with Gasteiger partial charge in [0.25, 0.3) is 0 Å². The predicted molar refractivity (Wildman–Crippen MR) is 98.2 cm³/mol. The van der Waals surface area contributed by atoms with Crippen LogP contribution in [-0.2, 0) is 9.59 Å². The summed E-state index contributed by atoms with van der Waals surface area (Å²) in [5, 5.41) is 18.3. The molecule has 4 heteroatoms. The van der Waals surface area contributed by atoms with Crippen LogP contribution in [0.1, 0.15) is 118 Å². The van der Waals surface area contributed by atoms with Crippen molar-refractivity contribution < 1.29 is 33.5 Å². The van der Waals surface area contributed by atoms with E-state index in [4.69, 9.17) is 23.9 Å². The van der Waals surface area contributed by atoms with Crippen LogP contribution in [0.25, 0.3) is 0 Å². The molecule has 0 bridgehead atoms. The Morgan fingerprint density at radius 3 is 1.29 bits per heavy atom. The number of carboxylic acid groups (broad SMARTS) is 2. The van der Waals surface area contributed by atoms with Gasteiger partial charge >= 0.3 is 11.9 Å². The van der Waals surface area contributed by atoms with Crippen LogP contribution in [0.3, 0.4) is 0 Å². The van der Waals surface area contributed by atoms with Crippen LogP contribution < -0.4 is 0 Å². The average molecular weight is 353 g/mol. The maximum absolute atomic E-state index is 11.3. The minimum absolute atomic E-state index is 0.0952. The molecule has 0 radical (unpaired) electrons. The zero-order valence-electron chi connectivity index (χ0n) is 24.8. The SMILES string of the molecule is [2H]C([2H])([2H])C(C)(CCCCCCCCCCC(C)(C([2H])([2H])[2H])C([2H])([2H])C(=O)O)C([2H])([2H])C(=O)O. The van der Waals surface area contributed by atoms with E-state index in [1.807, 2.05) is 0 Å². The normalized spacial score (nSPS) is 24.8. The molecule has 2 unspecified atom stereocenters. The first-order valence-electron chi connectivity index (χ1n) is 13.6. The molecule has 0 rings (SSSR count). The highest BCUT2D eigenvalue weighted by Gasteiger charge is 2.21. The second-order valence-electron chi connectivity index (χ2n) is 6.85. The molecule has 2 N–H and O–H groups in total. The van der Waals surface area contributed by atoms with Crippen molar-refractivity contribution in [1.82, 2.24) is 0 Å². The average Bonchev–Trinajstić information content (AvgIpc) is 2.66. The summed E-state index contributed by atoms with van der Waals surface area (Å²) < 4.78 is 76.8. The molecule has 0 aromatic carbocycles. The minimum atomic E-state index is -2.89. The van der Waals surface area contributed by atoms with Crippen LogP contribution >= 0.6 is 0 Å². The maximum atomic E-state index is 11.3. The fourth-order valence-electron chi connectivity index (χ4n) is 2.61. The standard InChI is InChI=1S/C20H38O4/c1-19(2,15-17(21)22)13-11-9-7-5-6-8-10-12-14-20(3,4)16-18(23)24/h5-16H2,1-4H3,(H,21,22)(H,23,24)/i1D3,3D3,15D2,16D2. The molecule has 0 saturated carbocycles. The van der Waals surface area contributed by atoms with Gasteiger partial charge in [-0.3, -0.25) is 9.59 Å². The predicted octanol–water partition coefficient (Wildman–Crippen LogP) is 5.89. The molecular weight excluding hydrogens is 304 g/mol. The van der Waals surface area contributed by atoms with E-state index in [0.29, 0.717) is 25.7 Å². The van der Waals surface area contributed by atoms with Crippen molar-refractivity contribution in [2.75, 3.05) is 0 Å². The van der Waals surface area contributed by atoms with Crippen LogP contribution in [0.15, 0.2) is 0 Å². The summed E-state index contributed by atoms with van der Waals surface area (Å²) in [7, 11) is 0. The molecule has 2 atom stereocenters. The number of unbranched alkanes of at least 4 members (excludes halogenated alkanes) is 7. The highest BCUT2D eigenvalue weighted by atomic mass is 16.4. The quantitative estimate of drug-likeness (QED) is 0.360. The molecule has 0 heterocycles. The first kappa shape index (κ1) is 10.8. The van der Waals surface area contributed by atoms with Crippen molar-refractivity contribution in [3.05, 3.63) is 0 Å². The van der Waals surface area contributed by atoms with Crippen LogP contribution in [-0.4, -0.2) is 22.2 Å². The number of rotatable bonds is 15. The number of hydrogen-bond acceptors (Lipinski definition) is 2. The molecule has 0 fully saturated rings. The van der Waals surface area contributed by atoms with Gasteiger partial charge in [0.1, 0.15) is 0 Å². The summed E-state index contributed by atoms with van der Waals surface area (Å²) >= 11 is 0. The lowest BCUT2D eigenvalue weighted by molar-refractivity contribution is -0.140. The van der Waals surface area contributed by atoms with Gasteiger partial charge in [0.15, 0.2) is 0 Å². The van der Waals surface area contributed by atoms with Crippen LogP contribution in [0.4, 0.5) is 0 Å². The van der Waals surface area contributed by atoms with Gasteiger partial charge in [0.05, 0.1) is 12.7 Å². The van der Waals surface area contributed by atoms with Gasteiger partial charge in [0.2, 0.25) is 0 Å². The maximum Gasteiger partial charge on any atom is 0.303 e. The summed E-state index contributed by atoms with van der Waals surface area (Å²) in [5.41, 5.74) is -4.02. The Balaban J connectivity index is 4.51. The summed E-state index contributed by atoms with van der Waals surface area (Å²) in [6, 6.07) is 0. The molecule has 0 aromatic heterocycles. The number of carboxylic acids is 2. The monoisotopic (exact) mass is 352 g/mol. The number of aliphatic carboxylic acids is 2. The second kappa shape index (κ2) is 11.5. The summed E-state index contributed by atoms with van der Waals surface area (Å²) in [6.45, 7) is -3.25. The van der Waals surface area contributed by atoms with Crippen LogP contribution in [0.2, 0.25) is 0 Å². The Labute approximate surface area is 162 Å². The molecule has 0 aliphatic rings. The van der Waals surface area contributed by atoms with Crippen molar-refractivity contribution in [3.63, 3.8) is 0 Å². The van der Waals surface area contributed by atoms with E-state index in [1.165, 1.54) is 0 Å². The van der Waals surface area contributed by atoms with E-state index in [2.05, 4.69) is 0 Å². The van der Waals surface area contributed by atoms with Gasteiger partial charge < -0.3 is 10.2 Å². The largest absolute Gasteiger partial charge is 0.481 e. The lowest BCUT2D eigenvalue weighted by Crippen LogP contribution is -2.16. The third-order valence-corrected chi connectivity index (χ3v) is 3.87. The molecule has 142 valence electrons. The van der Waals surface area contributed by atoms with Gasteiger partial charge in [-0.2, -0.15) is 0 Å². The van der Waals surface area contributed by atoms with E-state index in [0.717, 1.165) is 39.5 Å². The van der Waals surface area contributed by atoms with E-state index in [1.54, 1.807) is 0 Å².